The van der Waals surface area contributed by atoms with Crippen LogP contribution in [0.5, 0.6) is 5.88 Å². The summed E-state index contributed by atoms with van der Waals surface area (Å²) in [6, 6.07) is 0.437. The number of hydrogen-bond acceptors (Lipinski definition) is 5. The highest BCUT2D eigenvalue weighted by Gasteiger charge is 2.30. The summed E-state index contributed by atoms with van der Waals surface area (Å²) in [5, 5.41) is 3.43. The second kappa shape index (κ2) is 5.42. The van der Waals surface area contributed by atoms with Crippen LogP contribution in [0.15, 0.2) is 6.33 Å². The molecule has 3 atom stereocenters. The highest BCUT2D eigenvalue weighted by atomic mass is 16.5. The molecule has 1 aromatic heterocycles. The second-order valence-electron chi connectivity index (χ2n) is 5.04. The van der Waals surface area contributed by atoms with Gasteiger partial charge in [0.2, 0.25) is 5.88 Å². The van der Waals surface area contributed by atoms with Gasteiger partial charge in [-0.1, -0.05) is 13.8 Å². The summed E-state index contributed by atoms with van der Waals surface area (Å²) in [5.41, 5.74) is 6.52. The Morgan fingerprint density at radius 3 is 2.78 bits per heavy atom. The molecule has 100 valence electrons. The van der Waals surface area contributed by atoms with Crippen molar-refractivity contribution in [2.24, 2.45) is 11.8 Å². The number of anilines is 2. The first-order valence-electron chi connectivity index (χ1n) is 6.63. The van der Waals surface area contributed by atoms with Gasteiger partial charge in [0.05, 0.1) is 6.61 Å². The van der Waals surface area contributed by atoms with Gasteiger partial charge in [-0.15, -0.1) is 0 Å². The van der Waals surface area contributed by atoms with E-state index in [9.17, 15) is 0 Å². The maximum Gasteiger partial charge on any atom is 0.242 e. The number of rotatable bonds is 4. The molecular formula is C13H22N4O. The molecule has 0 aliphatic heterocycles. The van der Waals surface area contributed by atoms with Gasteiger partial charge in [-0.05, 0) is 31.6 Å². The molecule has 1 saturated carbocycles. The zero-order chi connectivity index (χ0) is 13.1. The molecule has 2 rings (SSSR count). The Bertz CT molecular complexity index is 410. The second-order valence-corrected chi connectivity index (χ2v) is 5.04. The van der Waals surface area contributed by atoms with Crippen LogP contribution in [0.1, 0.15) is 33.6 Å². The minimum absolute atomic E-state index is 0.437. The van der Waals surface area contributed by atoms with E-state index >= 15 is 0 Å². The van der Waals surface area contributed by atoms with E-state index in [1.165, 1.54) is 12.7 Å². The smallest absolute Gasteiger partial charge is 0.242 e. The van der Waals surface area contributed by atoms with Gasteiger partial charge in [0.15, 0.2) is 5.82 Å². The zero-order valence-electron chi connectivity index (χ0n) is 11.3. The van der Waals surface area contributed by atoms with Gasteiger partial charge in [0.25, 0.3) is 0 Å². The molecule has 18 heavy (non-hydrogen) atoms. The molecule has 0 bridgehead atoms. The first-order chi connectivity index (χ1) is 8.63. The van der Waals surface area contributed by atoms with Crippen molar-refractivity contribution in [3.63, 3.8) is 0 Å². The van der Waals surface area contributed by atoms with Gasteiger partial charge in [-0.2, -0.15) is 4.98 Å². The van der Waals surface area contributed by atoms with Gasteiger partial charge in [0.1, 0.15) is 12.0 Å². The van der Waals surface area contributed by atoms with Gasteiger partial charge in [-0.25, -0.2) is 4.98 Å². The Morgan fingerprint density at radius 2 is 2.17 bits per heavy atom. The SMILES string of the molecule is CCOc1ncnc(NC2CCC(C)C2C)c1N. The largest absolute Gasteiger partial charge is 0.476 e. The first-order valence-corrected chi connectivity index (χ1v) is 6.63. The van der Waals surface area contributed by atoms with Crippen molar-refractivity contribution < 1.29 is 4.74 Å². The molecular weight excluding hydrogens is 228 g/mol. The number of nitrogens with one attached hydrogen (secondary N) is 1. The van der Waals surface area contributed by atoms with Gasteiger partial charge >= 0.3 is 0 Å². The zero-order valence-corrected chi connectivity index (χ0v) is 11.3. The van der Waals surface area contributed by atoms with Gasteiger partial charge in [0, 0.05) is 6.04 Å². The number of ether oxygens (including phenoxy) is 1. The minimum Gasteiger partial charge on any atom is -0.476 e. The van der Waals surface area contributed by atoms with E-state index in [0.29, 0.717) is 36.0 Å². The molecule has 0 aromatic carbocycles. The third-order valence-electron chi connectivity index (χ3n) is 3.92. The Balaban J connectivity index is 2.12. The van der Waals surface area contributed by atoms with Crippen LogP contribution >= 0.6 is 0 Å². The molecule has 1 fully saturated rings. The number of nitrogen functional groups attached to an aromatic ring is 1. The van der Waals surface area contributed by atoms with Crippen molar-refractivity contribution in [1.82, 2.24) is 9.97 Å². The van der Waals surface area contributed by atoms with Crippen LogP contribution < -0.4 is 15.8 Å². The summed E-state index contributed by atoms with van der Waals surface area (Å²) >= 11 is 0. The van der Waals surface area contributed by atoms with Crippen LogP contribution in [0, 0.1) is 11.8 Å². The highest BCUT2D eigenvalue weighted by molar-refractivity contribution is 5.66. The van der Waals surface area contributed by atoms with Gasteiger partial charge in [-0.3, -0.25) is 0 Å². The van der Waals surface area contributed by atoms with Crippen molar-refractivity contribution in [2.75, 3.05) is 17.7 Å². The van der Waals surface area contributed by atoms with E-state index in [-0.39, 0.29) is 0 Å². The summed E-state index contributed by atoms with van der Waals surface area (Å²) in [6.07, 6.45) is 3.91. The lowest BCUT2D eigenvalue weighted by molar-refractivity contribution is 0.328. The molecule has 3 unspecified atom stereocenters. The summed E-state index contributed by atoms with van der Waals surface area (Å²) in [5.74, 6) is 2.54. The average molecular weight is 250 g/mol. The summed E-state index contributed by atoms with van der Waals surface area (Å²) < 4.78 is 5.37. The quantitative estimate of drug-likeness (QED) is 0.857. The van der Waals surface area contributed by atoms with Crippen molar-refractivity contribution in [1.29, 1.82) is 0 Å². The van der Waals surface area contributed by atoms with E-state index in [1.54, 1.807) is 0 Å². The lowest BCUT2D eigenvalue weighted by Crippen LogP contribution is -2.25. The summed E-state index contributed by atoms with van der Waals surface area (Å²) in [7, 11) is 0. The predicted octanol–water partition coefficient (Wildman–Crippen LogP) is 2.30. The lowest BCUT2D eigenvalue weighted by Gasteiger charge is -2.21. The molecule has 0 radical (unpaired) electrons. The standard InChI is InChI=1S/C13H22N4O/c1-4-18-13-11(14)12(15-7-16-13)17-10-6-5-8(2)9(10)3/h7-10H,4-6,14H2,1-3H3,(H,15,16,17). The number of nitrogens with zero attached hydrogens (tertiary/aromatic N) is 2. The fourth-order valence-electron chi connectivity index (χ4n) is 2.49. The van der Waals surface area contributed by atoms with Crippen LogP contribution in [-0.2, 0) is 0 Å². The van der Waals surface area contributed by atoms with E-state index in [1.807, 2.05) is 6.92 Å². The highest BCUT2D eigenvalue weighted by Crippen LogP contribution is 2.34. The summed E-state index contributed by atoms with van der Waals surface area (Å²) in [6.45, 7) is 7.03. The molecule has 1 aliphatic rings. The van der Waals surface area contributed by atoms with Crippen molar-refractivity contribution in [2.45, 2.75) is 39.7 Å². The molecule has 1 aromatic rings. The molecule has 0 amide bonds. The van der Waals surface area contributed by atoms with Crippen LogP contribution in [0.2, 0.25) is 0 Å². The fraction of sp³-hybridized carbons (Fsp3) is 0.692. The van der Waals surface area contributed by atoms with Gasteiger partial charge < -0.3 is 15.8 Å². The van der Waals surface area contributed by atoms with E-state index < -0.39 is 0 Å². The van der Waals surface area contributed by atoms with Crippen LogP contribution in [-0.4, -0.2) is 22.6 Å². The lowest BCUT2D eigenvalue weighted by atomic mass is 9.98. The third kappa shape index (κ3) is 2.49. The predicted molar refractivity (Wildman–Crippen MR) is 72.6 cm³/mol. The maximum atomic E-state index is 6.02. The Labute approximate surface area is 108 Å². The normalized spacial score (nSPS) is 27.2. The van der Waals surface area contributed by atoms with Crippen molar-refractivity contribution >= 4 is 11.5 Å². The van der Waals surface area contributed by atoms with Crippen LogP contribution in [0.3, 0.4) is 0 Å². The number of aromatic nitrogens is 2. The summed E-state index contributed by atoms with van der Waals surface area (Å²) in [4.78, 5) is 8.26. The van der Waals surface area contributed by atoms with Crippen LogP contribution in [0.4, 0.5) is 11.5 Å². The van der Waals surface area contributed by atoms with Crippen LogP contribution in [0.25, 0.3) is 0 Å². The fourth-order valence-corrected chi connectivity index (χ4v) is 2.49. The van der Waals surface area contributed by atoms with E-state index in [4.69, 9.17) is 10.5 Å². The van der Waals surface area contributed by atoms with Crippen molar-refractivity contribution in [3.8, 4) is 5.88 Å². The minimum atomic E-state index is 0.437. The number of hydrogen-bond donors (Lipinski definition) is 2. The molecule has 1 heterocycles. The molecule has 5 nitrogen and oxygen atoms in total. The molecule has 0 spiro atoms. The first kappa shape index (κ1) is 12.9. The molecule has 1 aliphatic carbocycles. The topological polar surface area (TPSA) is 73.1 Å². The van der Waals surface area contributed by atoms with E-state index in [0.717, 1.165) is 12.3 Å². The average Bonchev–Trinajstić information content (AvgIpc) is 2.66. The molecule has 5 heteroatoms. The maximum absolute atomic E-state index is 6.02. The third-order valence-corrected chi connectivity index (χ3v) is 3.92. The Morgan fingerprint density at radius 1 is 1.39 bits per heavy atom. The van der Waals surface area contributed by atoms with Crippen molar-refractivity contribution in [3.05, 3.63) is 6.33 Å². The molecule has 3 N–H and O–H groups in total. The monoisotopic (exact) mass is 250 g/mol. The Hall–Kier alpha value is -1.52. The van der Waals surface area contributed by atoms with E-state index in [2.05, 4.69) is 29.1 Å². The molecule has 0 saturated heterocycles. The Kier molecular flexibility index (Phi) is 3.89. The number of nitrogens with two attached hydrogens (primary N) is 1.